The lowest BCUT2D eigenvalue weighted by Crippen LogP contribution is -2.46. The molecule has 1 aromatic carbocycles. The van der Waals surface area contributed by atoms with Crippen molar-refractivity contribution in [2.24, 2.45) is 11.7 Å². The van der Waals surface area contributed by atoms with Gasteiger partial charge in [0.15, 0.2) is 0 Å². The Balaban J connectivity index is 2.13. The molecular weight excluding hydrogens is 252 g/mol. The lowest BCUT2D eigenvalue weighted by molar-refractivity contribution is 0.465. The fraction of sp³-hybridized carbons (Fsp3) is 0.625. The zero-order valence-corrected chi connectivity index (χ0v) is 13.0. The predicted molar refractivity (Wildman–Crippen MR) is 87.1 cm³/mol. The third kappa shape index (κ3) is 3.67. The van der Waals surface area contributed by atoms with Gasteiger partial charge < -0.3 is 10.6 Å². The van der Waals surface area contributed by atoms with Gasteiger partial charge in [0.05, 0.1) is 0 Å². The quantitative estimate of drug-likeness (QED) is 0.811. The first-order valence-electron chi connectivity index (χ1n) is 7.29. The van der Waals surface area contributed by atoms with Crippen LogP contribution in [0, 0.1) is 5.92 Å². The molecule has 0 saturated heterocycles. The molecule has 1 aromatic rings. The van der Waals surface area contributed by atoms with Crippen LogP contribution < -0.4 is 10.6 Å². The zero-order chi connectivity index (χ0) is 13.7. The number of para-hydroxylation sites is 1. The number of nitrogens with zero attached hydrogens (tertiary/aromatic N) is 1. The van der Waals surface area contributed by atoms with E-state index in [-0.39, 0.29) is 0 Å². The number of benzene rings is 1. The van der Waals surface area contributed by atoms with Crippen molar-refractivity contribution in [3.63, 3.8) is 0 Å². The number of nitrogens with two attached hydrogens (primary N) is 1. The third-order valence-corrected chi connectivity index (χ3v) is 4.67. The standard InChI is InChI=1S/C16H26N2S/c1-13-10-14-6-3-4-8-16(14)18(12-13)15(11-17)7-5-9-19-2/h3-4,6,8,13,15H,5,7,9-12,17H2,1-2H3. The van der Waals surface area contributed by atoms with E-state index >= 15 is 0 Å². The summed E-state index contributed by atoms with van der Waals surface area (Å²) in [7, 11) is 0. The van der Waals surface area contributed by atoms with Gasteiger partial charge in [0.1, 0.15) is 0 Å². The summed E-state index contributed by atoms with van der Waals surface area (Å²) in [6, 6.07) is 9.33. The monoisotopic (exact) mass is 278 g/mol. The first kappa shape index (κ1) is 14.7. The highest BCUT2D eigenvalue weighted by Gasteiger charge is 2.26. The smallest absolute Gasteiger partial charge is 0.0412 e. The second kappa shape index (κ2) is 7.20. The van der Waals surface area contributed by atoms with Crippen LogP contribution in [-0.4, -0.2) is 31.1 Å². The molecule has 3 heteroatoms. The molecule has 0 fully saturated rings. The van der Waals surface area contributed by atoms with E-state index in [0.29, 0.717) is 6.04 Å². The van der Waals surface area contributed by atoms with E-state index in [2.05, 4.69) is 42.3 Å². The molecule has 0 aromatic heterocycles. The Labute approximate surface area is 121 Å². The molecule has 2 rings (SSSR count). The summed E-state index contributed by atoms with van der Waals surface area (Å²) in [6.07, 6.45) is 5.85. The third-order valence-electron chi connectivity index (χ3n) is 3.98. The maximum atomic E-state index is 6.04. The van der Waals surface area contributed by atoms with Gasteiger partial charge >= 0.3 is 0 Å². The summed E-state index contributed by atoms with van der Waals surface area (Å²) in [5.74, 6) is 1.96. The van der Waals surface area contributed by atoms with Gasteiger partial charge in [-0.2, -0.15) is 11.8 Å². The van der Waals surface area contributed by atoms with Gasteiger partial charge in [0, 0.05) is 24.8 Å². The Morgan fingerprint density at radius 1 is 1.42 bits per heavy atom. The minimum Gasteiger partial charge on any atom is -0.367 e. The average molecular weight is 278 g/mol. The number of hydrogen-bond donors (Lipinski definition) is 1. The van der Waals surface area contributed by atoms with Crippen LogP contribution in [0.1, 0.15) is 25.3 Å². The fourth-order valence-electron chi connectivity index (χ4n) is 3.05. The summed E-state index contributed by atoms with van der Waals surface area (Å²) < 4.78 is 0. The number of thioether (sulfide) groups is 1. The van der Waals surface area contributed by atoms with Crippen molar-refractivity contribution in [3.05, 3.63) is 29.8 Å². The maximum Gasteiger partial charge on any atom is 0.0412 e. The van der Waals surface area contributed by atoms with E-state index in [1.807, 2.05) is 11.8 Å². The Hall–Kier alpha value is -0.670. The second-order valence-corrected chi connectivity index (χ2v) is 6.60. The topological polar surface area (TPSA) is 29.3 Å². The van der Waals surface area contributed by atoms with Gasteiger partial charge in [-0.1, -0.05) is 25.1 Å². The van der Waals surface area contributed by atoms with E-state index in [9.17, 15) is 0 Å². The highest BCUT2D eigenvalue weighted by atomic mass is 32.2. The van der Waals surface area contributed by atoms with Crippen molar-refractivity contribution in [1.82, 2.24) is 0 Å². The van der Waals surface area contributed by atoms with Crippen LogP contribution in [0.15, 0.2) is 24.3 Å². The summed E-state index contributed by atoms with van der Waals surface area (Å²) in [4.78, 5) is 2.56. The minimum absolute atomic E-state index is 0.496. The Bertz CT molecular complexity index is 394. The fourth-order valence-corrected chi connectivity index (χ4v) is 3.50. The molecule has 1 heterocycles. The highest BCUT2D eigenvalue weighted by Crippen LogP contribution is 2.31. The van der Waals surface area contributed by atoms with Crippen molar-refractivity contribution in [2.45, 2.75) is 32.2 Å². The summed E-state index contributed by atoms with van der Waals surface area (Å²) in [6.45, 7) is 4.26. The van der Waals surface area contributed by atoms with Crippen LogP contribution in [0.2, 0.25) is 0 Å². The van der Waals surface area contributed by atoms with E-state index in [1.165, 1.54) is 36.3 Å². The van der Waals surface area contributed by atoms with Crippen LogP contribution in [0.25, 0.3) is 0 Å². The van der Waals surface area contributed by atoms with Crippen molar-refractivity contribution >= 4 is 17.4 Å². The van der Waals surface area contributed by atoms with Crippen LogP contribution in [0.5, 0.6) is 0 Å². The molecule has 2 unspecified atom stereocenters. The van der Waals surface area contributed by atoms with Crippen LogP contribution in [-0.2, 0) is 6.42 Å². The molecule has 0 amide bonds. The molecule has 0 radical (unpaired) electrons. The molecule has 2 nitrogen and oxygen atoms in total. The molecule has 1 aliphatic heterocycles. The van der Waals surface area contributed by atoms with Crippen LogP contribution >= 0.6 is 11.8 Å². The Morgan fingerprint density at radius 3 is 2.95 bits per heavy atom. The van der Waals surface area contributed by atoms with Gasteiger partial charge in [-0.05, 0) is 48.8 Å². The molecule has 1 aliphatic rings. The molecule has 0 saturated carbocycles. The number of anilines is 1. The zero-order valence-electron chi connectivity index (χ0n) is 12.1. The van der Waals surface area contributed by atoms with Gasteiger partial charge in [0.2, 0.25) is 0 Å². The Kier molecular flexibility index (Phi) is 5.59. The van der Waals surface area contributed by atoms with E-state index in [4.69, 9.17) is 5.73 Å². The first-order chi connectivity index (χ1) is 9.26. The average Bonchev–Trinajstić information content (AvgIpc) is 2.43. The molecule has 0 spiro atoms. The molecular formula is C16H26N2S. The second-order valence-electron chi connectivity index (χ2n) is 5.61. The normalized spacial score (nSPS) is 20.2. The molecule has 0 aliphatic carbocycles. The minimum atomic E-state index is 0.496. The largest absolute Gasteiger partial charge is 0.367 e. The molecule has 0 bridgehead atoms. The summed E-state index contributed by atoms with van der Waals surface area (Å²) in [5.41, 5.74) is 8.95. The van der Waals surface area contributed by atoms with Gasteiger partial charge in [-0.3, -0.25) is 0 Å². The molecule has 2 N–H and O–H groups in total. The van der Waals surface area contributed by atoms with E-state index in [1.54, 1.807) is 0 Å². The van der Waals surface area contributed by atoms with Crippen molar-refractivity contribution in [3.8, 4) is 0 Å². The van der Waals surface area contributed by atoms with Gasteiger partial charge in [0.25, 0.3) is 0 Å². The predicted octanol–water partition coefficient (Wildman–Crippen LogP) is 3.16. The van der Waals surface area contributed by atoms with Gasteiger partial charge in [-0.15, -0.1) is 0 Å². The summed E-state index contributed by atoms with van der Waals surface area (Å²) in [5, 5.41) is 0. The highest BCUT2D eigenvalue weighted by molar-refractivity contribution is 7.98. The maximum absolute atomic E-state index is 6.04. The molecule has 2 atom stereocenters. The number of fused-ring (bicyclic) bond motifs is 1. The summed E-state index contributed by atoms with van der Waals surface area (Å²) >= 11 is 1.93. The number of rotatable bonds is 6. The lowest BCUT2D eigenvalue weighted by atomic mass is 9.92. The molecule has 106 valence electrons. The van der Waals surface area contributed by atoms with Crippen LogP contribution in [0.3, 0.4) is 0 Å². The molecule has 19 heavy (non-hydrogen) atoms. The SMILES string of the molecule is CSCCCC(CN)N1CC(C)Cc2ccccc21. The Morgan fingerprint density at radius 2 is 2.21 bits per heavy atom. The first-order valence-corrected chi connectivity index (χ1v) is 8.69. The van der Waals surface area contributed by atoms with Crippen molar-refractivity contribution in [2.75, 3.05) is 30.0 Å². The van der Waals surface area contributed by atoms with Crippen molar-refractivity contribution < 1.29 is 0 Å². The van der Waals surface area contributed by atoms with E-state index < -0.39 is 0 Å². The lowest BCUT2D eigenvalue weighted by Gasteiger charge is -2.40. The van der Waals surface area contributed by atoms with Gasteiger partial charge in [-0.25, -0.2) is 0 Å². The van der Waals surface area contributed by atoms with Crippen LogP contribution in [0.4, 0.5) is 5.69 Å². The van der Waals surface area contributed by atoms with Crippen molar-refractivity contribution in [1.29, 1.82) is 0 Å². The number of hydrogen-bond acceptors (Lipinski definition) is 3. The van der Waals surface area contributed by atoms with E-state index in [0.717, 1.165) is 19.0 Å².